The highest BCUT2D eigenvalue weighted by atomic mass is 19.1. The van der Waals surface area contributed by atoms with E-state index in [-0.39, 0.29) is 42.7 Å². The van der Waals surface area contributed by atoms with E-state index in [0.717, 1.165) is 6.08 Å². The van der Waals surface area contributed by atoms with E-state index in [2.05, 4.69) is 22.9 Å². The highest BCUT2D eigenvalue weighted by Gasteiger charge is 2.06. The van der Waals surface area contributed by atoms with Gasteiger partial charge in [-0.05, 0) is 23.8 Å². The number of methoxy groups -OCH3 is 1. The average molecular weight is 471 g/mol. The van der Waals surface area contributed by atoms with Crippen LogP contribution in [0.5, 0.6) is 0 Å². The second kappa shape index (κ2) is 15.6. The number of amides is 2. The molecule has 10 heteroatoms. The Labute approximate surface area is 197 Å². The lowest BCUT2D eigenvalue weighted by Gasteiger charge is -2.05. The standard InChI is InChI=1S/C24H27FN4O5/c1-4-7-19(23(26)31)17-20(25)9-12-29-13-10-22(30)21(28-29)16-18(2)8-5-6-11-27-24(32)34-15-14-33-3/h1,5-6,8-11,13,17H,2,7,12,14-16H2,3H3,(H2,26,31)(H,27,32)/b8-5-,11-6+,19-17+,20-9+. The number of ether oxygens (including phenoxy) is 2. The molecule has 180 valence electrons. The first-order valence-corrected chi connectivity index (χ1v) is 10.1. The fourth-order valence-electron chi connectivity index (χ4n) is 2.33. The first-order chi connectivity index (χ1) is 16.3. The minimum Gasteiger partial charge on any atom is -0.447 e. The van der Waals surface area contributed by atoms with Crippen LogP contribution in [0.3, 0.4) is 0 Å². The fraction of sp³-hybridized carbons (Fsp3) is 0.250. The van der Waals surface area contributed by atoms with Gasteiger partial charge in [0.2, 0.25) is 11.3 Å². The molecule has 9 nitrogen and oxygen atoms in total. The highest BCUT2D eigenvalue weighted by molar-refractivity contribution is 5.92. The molecule has 0 aromatic carbocycles. The van der Waals surface area contributed by atoms with Crippen molar-refractivity contribution in [2.24, 2.45) is 5.73 Å². The molecule has 34 heavy (non-hydrogen) atoms. The lowest BCUT2D eigenvalue weighted by molar-refractivity contribution is -0.114. The number of aromatic nitrogens is 2. The summed E-state index contributed by atoms with van der Waals surface area (Å²) >= 11 is 0. The van der Waals surface area contributed by atoms with E-state index in [1.807, 2.05) is 0 Å². The second-order valence-electron chi connectivity index (χ2n) is 6.68. The van der Waals surface area contributed by atoms with Crippen LogP contribution in [-0.4, -0.2) is 42.1 Å². The summed E-state index contributed by atoms with van der Waals surface area (Å²) in [6.45, 7) is 4.32. The summed E-state index contributed by atoms with van der Waals surface area (Å²) in [4.78, 5) is 34.7. The number of allylic oxidation sites excluding steroid dienone is 7. The third-order valence-corrected chi connectivity index (χ3v) is 3.98. The Kier molecular flexibility index (Phi) is 12.7. The van der Waals surface area contributed by atoms with Gasteiger partial charge in [0.1, 0.15) is 18.1 Å². The molecule has 1 rings (SSSR count). The summed E-state index contributed by atoms with van der Waals surface area (Å²) in [5.41, 5.74) is 5.63. The molecule has 0 saturated heterocycles. The lowest BCUT2D eigenvalue weighted by atomic mass is 10.1. The van der Waals surface area contributed by atoms with E-state index in [0.29, 0.717) is 12.2 Å². The molecule has 0 aliphatic carbocycles. The number of nitrogens with two attached hydrogens (primary N) is 1. The summed E-state index contributed by atoms with van der Waals surface area (Å²) in [5.74, 6) is 0.726. The quantitative estimate of drug-likeness (QED) is 0.197. The van der Waals surface area contributed by atoms with Crippen LogP contribution in [0.2, 0.25) is 0 Å². The van der Waals surface area contributed by atoms with Crippen LogP contribution in [0, 0.1) is 12.3 Å². The topological polar surface area (TPSA) is 126 Å². The molecule has 0 fully saturated rings. The Hall–Kier alpha value is -4.23. The lowest BCUT2D eigenvalue weighted by Crippen LogP contribution is -2.20. The SMILES string of the molecule is C#CC/C(=C\C(F)=C/Cn1ccc(=O)c(CC(=C)/C=C\C=C\NC(=O)OCCOC)n1)C(N)=O. The molecule has 1 aromatic rings. The maximum atomic E-state index is 14.1. The molecule has 3 N–H and O–H groups in total. The molecule has 2 amide bonds. The highest BCUT2D eigenvalue weighted by Crippen LogP contribution is 2.08. The molecule has 0 spiro atoms. The van der Waals surface area contributed by atoms with Gasteiger partial charge in [0.25, 0.3) is 0 Å². The van der Waals surface area contributed by atoms with Crippen molar-refractivity contribution in [2.75, 3.05) is 20.3 Å². The molecule has 0 unspecified atom stereocenters. The number of alkyl carbamates (subject to hydrolysis) is 1. The maximum Gasteiger partial charge on any atom is 0.411 e. The molecule has 0 aliphatic rings. The largest absolute Gasteiger partial charge is 0.447 e. The number of carbonyl (C=O) groups excluding carboxylic acids is 2. The van der Waals surface area contributed by atoms with Crippen molar-refractivity contribution in [2.45, 2.75) is 19.4 Å². The fourth-order valence-corrected chi connectivity index (χ4v) is 2.33. The first-order valence-electron chi connectivity index (χ1n) is 10.1. The average Bonchev–Trinajstić information content (AvgIpc) is 2.79. The number of terminal acetylenes is 1. The molecule has 0 aliphatic heterocycles. The van der Waals surface area contributed by atoms with E-state index in [1.54, 1.807) is 18.2 Å². The predicted molar refractivity (Wildman–Crippen MR) is 126 cm³/mol. The van der Waals surface area contributed by atoms with Crippen LogP contribution in [-0.2, 0) is 27.2 Å². The molecule has 0 bridgehead atoms. The summed E-state index contributed by atoms with van der Waals surface area (Å²) < 4.78 is 25.0. The zero-order valence-electron chi connectivity index (χ0n) is 18.8. The Morgan fingerprint density at radius 1 is 1.38 bits per heavy atom. The van der Waals surface area contributed by atoms with Crippen molar-refractivity contribution in [3.05, 3.63) is 88.3 Å². The van der Waals surface area contributed by atoms with Gasteiger partial charge in [0, 0.05) is 44.0 Å². The molecular formula is C24H27FN4O5. The van der Waals surface area contributed by atoms with Crippen LogP contribution in [0.15, 0.2) is 77.2 Å². The Morgan fingerprint density at radius 3 is 2.82 bits per heavy atom. The summed E-state index contributed by atoms with van der Waals surface area (Å²) in [6, 6.07) is 1.31. The van der Waals surface area contributed by atoms with E-state index in [4.69, 9.17) is 21.6 Å². The number of hydrogen-bond donors (Lipinski definition) is 2. The number of primary amides is 1. The third kappa shape index (κ3) is 11.4. The van der Waals surface area contributed by atoms with Crippen molar-refractivity contribution in [1.82, 2.24) is 15.1 Å². The maximum absolute atomic E-state index is 14.1. The van der Waals surface area contributed by atoms with Gasteiger partial charge in [-0.3, -0.25) is 19.6 Å². The number of rotatable bonds is 13. The van der Waals surface area contributed by atoms with Crippen LogP contribution in [0.1, 0.15) is 12.1 Å². The zero-order valence-corrected chi connectivity index (χ0v) is 18.8. The summed E-state index contributed by atoms with van der Waals surface area (Å²) in [7, 11) is 1.50. The van der Waals surface area contributed by atoms with Crippen molar-refractivity contribution >= 4 is 12.0 Å². The van der Waals surface area contributed by atoms with Gasteiger partial charge in [0.05, 0.1) is 13.2 Å². The van der Waals surface area contributed by atoms with Gasteiger partial charge in [-0.2, -0.15) is 5.10 Å². The van der Waals surface area contributed by atoms with Crippen LogP contribution >= 0.6 is 0 Å². The van der Waals surface area contributed by atoms with Crippen molar-refractivity contribution in [3.63, 3.8) is 0 Å². The van der Waals surface area contributed by atoms with Crippen LogP contribution < -0.4 is 16.5 Å². The third-order valence-electron chi connectivity index (χ3n) is 3.98. The van der Waals surface area contributed by atoms with Gasteiger partial charge >= 0.3 is 6.09 Å². The number of hydrogen-bond acceptors (Lipinski definition) is 6. The molecule has 1 heterocycles. The number of carbonyl (C=O) groups is 2. The van der Waals surface area contributed by atoms with E-state index >= 15 is 0 Å². The van der Waals surface area contributed by atoms with Gasteiger partial charge in [-0.1, -0.05) is 18.7 Å². The molecular weight excluding hydrogens is 443 g/mol. The Bertz CT molecular complexity index is 1090. The van der Waals surface area contributed by atoms with Crippen molar-refractivity contribution in [3.8, 4) is 12.3 Å². The zero-order chi connectivity index (χ0) is 25.3. The molecule has 0 radical (unpaired) electrons. The smallest absolute Gasteiger partial charge is 0.411 e. The minimum absolute atomic E-state index is 0.00884. The van der Waals surface area contributed by atoms with Gasteiger partial charge in [-0.25, -0.2) is 9.18 Å². The van der Waals surface area contributed by atoms with E-state index in [9.17, 15) is 18.8 Å². The normalized spacial score (nSPS) is 12.0. The second-order valence-corrected chi connectivity index (χ2v) is 6.68. The number of halogens is 1. The molecule has 0 saturated carbocycles. The van der Waals surface area contributed by atoms with Crippen LogP contribution in [0.25, 0.3) is 0 Å². The van der Waals surface area contributed by atoms with Crippen LogP contribution in [0.4, 0.5) is 9.18 Å². The van der Waals surface area contributed by atoms with Gasteiger partial charge in [-0.15, -0.1) is 12.3 Å². The minimum atomic E-state index is -0.801. The summed E-state index contributed by atoms with van der Waals surface area (Å²) in [5, 5.41) is 6.60. The Balaban J connectivity index is 2.70. The first kappa shape index (κ1) is 27.8. The van der Waals surface area contributed by atoms with Gasteiger partial charge < -0.3 is 15.2 Å². The number of nitrogens with zero attached hydrogens (tertiary/aromatic N) is 2. The molecule has 0 atom stereocenters. The summed E-state index contributed by atoms with van der Waals surface area (Å²) in [6.07, 6.45) is 14.4. The monoisotopic (exact) mass is 470 g/mol. The number of nitrogens with one attached hydrogen (secondary N) is 1. The molecule has 1 aromatic heterocycles. The predicted octanol–water partition coefficient (Wildman–Crippen LogP) is 2.07. The van der Waals surface area contributed by atoms with E-state index < -0.39 is 17.8 Å². The van der Waals surface area contributed by atoms with Crippen molar-refractivity contribution in [1.29, 1.82) is 0 Å². The Morgan fingerprint density at radius 2 is 2.15 bits per heavy atom. The van der Waals surface area contributed by atoms with Crippen molar-refractivity contribution < 1.29 is 23.5 Å². The van der Waals surface area contributed by atoms with Gasteiger partial charge in [0.15, 0.2) is 0 Å². The van der Waals surface area contributed by atoms with E-state index in [1.165, 1.54) is 36.3 Å².